The lowest BCUT2D eigenvalue weighted by atomic mass is 10.0. The summed E-state index contributed by atoms with van der Waals surface area (Å²) in [4.78, 5) is 4.12. The summed E-state index contributed by atoms with van der Waals surface area (Å²) < 4.78 is 0. The van der Waals surface area contributed by atoms with Gasteiger partial charge in [0.05, 0.1) is 5.02 Å². The largest absolute Gasteiger partial charge is 0.304 e. The standard InChI is InChI=1S/C18H23Cl3N4/c19-15-14(12-22)17(21)23-18(16(15)20)25-24-13-10-8-6-4-2-1-3-5-7-9-11-13/h10,24H,1-9,11H2,(H,23,25). The number of hydrazine groups is 1. The van der Waals surface area contributed by atoms with Gasteiger partial charge in [-0.15, -0.1) is 0 Å². The molecule has 136 valence electrons. The van der Waals surface area contributed by atoms with Crippen molar-refractivity contribution in [2.45, 2.75) is 64.2 Å². The zero-order valence-corrected chi connectivity index (χ0v) is 16.4. The van der Waals surface area contributed by atoms with Crippen molar-refractivity contribution in [3.05, 3.63) is 32.5 Å². The van der Waals surface area contributed by atoms with Crippen molar-refractivity contribution in [3.63, 3.8) is 0 Å². The molecule has 2 N–H and O–H groups in total. The van der Waals surface area contributed by atoms with Crippen molar-refractivity contribution in [1.29, 1.82) is 5.26 Å². The summed E-state index contributed by atoms with van der Waals surface area (Å²) >= 11 is 18.3. The van der Waals surface area contributed by atoms with Crippen molar-refractivity contribution >= 4 is 40.6 Å². The molecule has 1 aliphatic rings. The molecule has 0 spiro atoms. The molecule has 1 aliphatic carbocycles. The highest BCUT2D eigenvalue weighted by Crippen LogP contribution is 2.34. The molecule has 0 aromatic carbocycles. The predicted octanol–water partition coefficient (Wildman–Crippen LogP) is 6.63. The van der Waals surface area contributed by atoms with Gasteiger partial charge in [-0.1, -0.05) is 79.4 Å². The first-order valence-electron chi connectivity index (χ1n) is 8.79. The van der Waals surface area contributed by atoms with Gasteiger partial charge in [0.15, 0.2) is 11.0 Å². The first-order valence-corrected chi connectivity index (χ1v) is 9.92. The van der Waals surface area contributed by atoms with Crippen LogP contribution in [-0.4, -0.2) is 4.98 Å². The number of nitrogens with zero attached hydrogens (tertiary/aromatic N) is 2. The molecule has 2 rings (SSSR count). The van der Waals surface area contributed by atoms with Crippen LogP contribution < -0.4 is 10.9 Å². The van der Waals surface area contributed by atoms with E-state index in [1.54, 1.807) is 0 Å². The number of allylic oxidation sites excluding steroid dienone is 2. The molecule has 0 atom stereocenters. The minimum absolute atomic E-state index is 0.0360. The Hall–Kier alpha value is -1.15. The van der Waals surface area contributed by atoms with Gasteiger partial charge in [-0.05, 0) is 25.7 Å². The van der Waals surface area contributed by atoms with Gasteiger partial charge in [-0.25, -0.2) is 4.98 Å². The van der Waals surface area contributed by atoms with Gasteiger partial charge < -0.3 is 5.43 Å². The van der Waals surface area contributed by atoms with E-state index in [0.717, 1.165) is 25.0 Å². The summed E-state index contributed by atoms with van der Waals surface area (Å²) in [6.45, 7) is 0. The molecular weight excluding hydrogens is 379 g/mol. The fourth-order valence-corrected chi connectivity index (χ4v) is 3.51. The highest BCUT2D eigenvalue weighted by molar-refractivity contribution is 6.45. The molecule has 0 fully saturated rings. The molecule has 0 aliphatic heterocycles. The van der Waals surface area contributed by atoms with Crippen LogP contribution in [0.2, 0.25) is 15.2 Å². The number of hydrogen-bond acceptors (Lipinski definition) is 4. The third-order valence-corrected chi connectivity index (χ3v) is 5.40. The summed E-state index contributed by atoms with van der Waals surface area (Å²) in [5.74, 6) is 0.322. The fourth-order valence-electron chi connectivity index (χ4n) is 2.84. The molecular formula is C18H23Cl3N4. The molecule has 0 bridgehead atoms. The van der Waals surface area contributed by atoms with E-state index in [-0.39, 0.29) is 20.8 Å². The van der Waals surface area contributed by atoms with Crippen LogP contribution in [0.4, 0.5) is 5.82 Å². The highest BCUT2D eigenvalue weighted by atomic mass is 35.5. The summed E-state index contributed by atoms with van der Waals surface area (Å²) in [6, 6.07) is 1.91. The second kappa shape index (κ2) is 10.8. The van der Waals surface area contributed by atoms with E-state index in [1.807, 2.05) is 6.07 Å². The number of hydrogen-bond donors (Lipinski definition) is 2. The number of pyridine rings is 1. The number of aromatic nitrogens is 1. The van der Waals surface area contributed by atoms with Gasteiger partial charge >= 0.3 is 0 Å². The van der Waals surface area contributed by atoms with E-state index in [2.05, 4.69) is 21.9 Å². The average Bonchev–Trinajstić information content (AvgIpc) is 2.59. The van der Waals surface area contributed by atoms with E-state index in [0.29, 0.717) is 5.82 Å². The Morgan fingerprint density at radius 3 is 2.20 bits per heavy atom. The van der Waals surface area contributed by atoms with Crippen LogP contribution in [0, 0.1) is 11.3 Å². The average molecular weight is 402 g/mol. The normalized spacial score (nSPS) is 16.8. The van der Waals surface area contributed by atoms with Gasteiger partial charge in [0, 0.05) is 5.70 Å². The predicted molar refractivity (Wildman–Crippen MR) is 105 cm³/mol. The van der Waals surface area contributed by atoms with E-state index in [1.165, 1.54) is 44.9 Å². The Bertz CT molecular complexity index is 653. The summed E-state index contributed by atoms with van der Waals surface area (Å²) in [6.07, 6.45) is 14.5. The Labute approximate surface area is 164 Å². The lowest BCUT2D eigenvalue weighted by Crippen LogP contribution is -2.22. The van der Waals surface area contributed by atoms with Crippen LogP contribution in [-0.2, 0) is 0 Å². The molecule has 0 radical (unpaired) electrons. The molecule has 1 aromatic heterocycles. The molecule has 0 saturated heterocycles. The van der Waals surface area contributed by atoms with Gasteiger partial charge in [0.1, 0.15) is 16.7 Å². The number of halogens is 3. The highest BCUT2D eigenvalue weighted by Gasteiger charge is 2.16. The number of nitrogens with one attached hydrogen (secondary N) is 2. The molecule has 4 nitrogen and oxygen atoms in total. The number of rotatable bonds is 3. The molecule has 0 unspecified atom stereocenters. The first-order chi connectivity index (χ1) is 12.1. The second-order valence-corrected chi connectivity index (χ2v) is 7.33. The van der Waals surface area contributed by atoms with Crippen LogP contribution in [0.25, 0.3) is 0 Å². The minimum Gasteiger partial charge on any atom is -0.304 e. The molecule has 1 aromatic rings. The number of nitriles is 1. The third-order valence-electron chi connectivity index (χ3n) is 4.28. The number of anilines is 1. The van der Waals surface area contributed by atoms with Crippen molar-refractivity contribution < 1.29 is 0 Å². The minimum atomic E-state index is 0.0360. The van der Waals surface area contributed by atoms with Gasteiger partial charge in [-0.2, -0.15) is 5.26 Å². The van der Waals surface area contributed by atoms with Crippen LogP contribution >= 0.6 is 34.8 Å². The SMILES string of the molecule is N#Cc1c(Cl)nc(NNC2=CCCCCCCCCCC2)c(Cl)c1Cl. The third kappa shape index (κ3) is 6.26. The molecule has 7 heteroatoms. The van der Waals surface area contributed by atoms with Crippen molar-refractivity contribution in [1.82, 2.24) is 10.4 Å². The summed E-state index contributed by atoms with van der Waals surface area (Å²) in [5.41, 5.74) is 7.38. The van der Waals surface area contributed by atoms with Crippen LogP contribution in [0.1, 0.15) is 69.8 Å². The Balaban J connectivity index is 2.03. The zero-order chi connectivity index (χ0) is 18.1. The van der Waals surface area contributed by atoms with E-state index >= 15 is 0 Å². The van der Waals surface area contributed by atoms with Crippen LogP contribution in [0.5, 0.6) is 0 Å². The van der Waals surface area contributed by atoms with Crippen LogP contribution in [0.15, 0.2) is 11.8 Å². The van der Waals surface area contributed by atoms with Gasteiger partial charge in [0.25, 0.3) is 0 Å². The fraction of sp³-hybridized carbons (Fsp3) is 0.556. The maximum absolute atomic E-state index is 9.04. The van der Waals surface area contributed by atoms with Crippen molar-refractivity contribution in [2.24, 2.45) is 0 Å². The quantitative estimate of drug-likeness (QED) is 0.441. The zero-order valence-electron chi connectivity index (χ0n) is 14.2. The van der Waals surface area contributed by atoms with Gasteiger partial charge in [0.2, 0.25) is 0 Å². The lowest BCUT2D eigenvalue weighted by molar-refractivity contribution is 0.557. The topological polar surface area (TPSA) is 60.7 Å². The van der Waals surface area contributed by atoms with Crippen LogP contribution in [0.3, 0.4) is 0 Å². The van der Waals surface area contributed by atoms with Crippen molar-refractivity contribution in [3.8, 4) is 6.07 Å². The summed E-state index contributed by atoms with van der Waals surface area (Å²) in [7, 11) is 0. The van der Waals surface area contributed by atoms with E-state index in [4.69, 9.17) is 40.1 Å². The Morgan fingerprint density at radius 1 is 0.880 bits per heavy atom. The maximum Gasteiger partial charge on any atom is 0.166 e. The Kier molecular flexibility index (Phi) is 8.67. The summed E-state index contributed by atoms with van der Waals surface area (Å²) in [5, 5.41) is 9.37. The maximum atomic E-state index is 9.04. The lowest BCUT2D eigenvalue weighted by Gasteiger charge is -2.16. The van der Waals surface area contributed by atoms with E-state index in [9.17, 15) is 0 Å². The smallest absolute Gasteiger partial charge is 0.166 e. The molecule has 0 saturated carbocycles. The Morgan fingerprint density at radius 2 is 1.52 bits per heavy atom. The monoisotopic (exact) mass is 400 g/mol. The molecule has 1 heterocycles. The second-order valence-electron chi connectivity index (χ2n) is 6.21. The first kappa shape index (κ1) is 20.2. The molecule has 25 heavy (non-hydrogen) atoms. The van der Waals surface area contributed by atoms with Crippen molar-refractivity contribution in [2.75, 3.05) is 5.43 Å². The van der Waals surface area contributed by atoms with Gasteiger partial charge in [-0.3, -0.25) is 5.43 Å². The molecule has 0 amide bonds. The van der Waals surface area contributed by atoms with E-state index < -0.39 is 0 Å².